The predicted octanol–water partition coefficient (Wildman–Crippen LogP) is 1.75. The van der Waals surface area contributed by atoms with Gasteiger partial charge < -0.3 is 5.11 Å². The van der Waals surface area contributed by atoms with E-state index in [9.17, 15) is 18.3 Å². The Morgan fingerprint density at radius 1 is 1.11 bits per heavy atom. The molecule has 0 unspecified atom stereocenters. The zero-order chi connectivity index (χ0) is 13.9. The van der Waals surface area contributed by atoms with Crippen LogP contribution < -0.4 is 4.72 Å². The van der Waals surface area contributed by atoms with E-state index in [1.54, 1.807) is 18.2 Å². The number of hydrogen-bond donors (Lipinski definition) is 2. The molecular formula is C13H17NO4S. The largest absolute Gasteiger partial charge is 0.480 e. The van der Waals surface area contributed by atoms with Crippen molar-refractivity contribution in [1.29, 1.82) is 0 Å². The molecule has 0 amide bonds. The van der Waals surface area contributed by atoms with Gasteiger partial charge in [0.1, 0.15) is 5.54 Å². The maximum Gasteiger partial charge on any atom is 0.324 e. The first kappa shape index (κ1) is 14.0. The van der Waals surface area contributed by atoms with E-state index in [4.69, 9.17) is 0 Å². The maximum atomic E-state index is 12.2. The van der Waals surface area contributed by atoms with Crippen LogP contribution in [0.15, 0.2) is 35.2 Å². The third-order valence-electron chi connectivity index (χ3n) is 3.50. The zero-order valence-electron chi connectivity index (χ0n) is 10.5. The van der Waals surface area contributed by atoms with Gasteiger partial charge in [0.05, 0.1) is 4.90 Å². The molecule has 0 heterocycles. The molecule has 6 heteroatoms. The van der Waals surface area contributed by atoms with Gasteiger partial charge in [0, 0.05) is 0 Å². The summed E-state index contributed by atoms with van der Waals surface area (Å²) in [6.07, 6.45) is 3.08. The van der Waals surface area contributed by atoms with E-state index < -0.39 is 21.5 Å². The number of nitrogens with one attached hydrogen (secondary N) is 1. The van der Waals surface area contributed by atoms with Crippen molar-refractivity contribution >= 4 is 16.0 Å². The van der Waals surface area contributed by atoms with Crippen LogP contribution >= 0.6 is 0 Å². The molecule has 1 aliphatic carbocycles. The number of rotatable bonds is 4. The number of carboxylic acids is 1. The van der Waals surface area contributed by atoms with Crippen LogP contribution in [0.4, 0.5) is 0 Å². The van der Waals surface area contributed by atoms with Crippen molar-refractivity contribution in [3.63, 3.8) is 0 Å². The minimum atomic E-state index is -3.79. The molecule has 1 aromatic carbocycles. The number of hydrogen-bond acceptors (Lipinski definition) is 3. The molecule has 0 spiro atoms. The Hall–Kier alpha value is -1.40. The minimum Gasteiger partial charge on any atom is -0.480 e. The molecular weight excluding hydrogens is 266 g/mol. The van der Waals surface area contributed by atoms with Gasteiger partial charge in [-0.05, 0) is 25.0 Å². The number of carboxylic acid groups (broad SMARTS) is 1. The first-order valence-corrected chi connectivity index (χ1v) is 7.77. The average molecular weight is 283 g/mol. The molecule has 1 aliphatic rings. The molecule has 2 rings (SSSR count). The first-order chi connectivity index (χ1) is 8.96. The highest BCUT2D eigenvalue weighted by Crippen LogP contribution is 2.30. The van der Waals surface area contributed by atoms with Crippen molar-refractivity contribution in [2.45, 2.75) is 42.5 Å². The van der Waals surface area contributed by atoms with E-state index in [0.717, 1.165) is 19.3 Å². The summed E-state index contributed by atoms with van der Waals surface area (Å²) in [5.74, 6) is -1.09. The molecule has 5 nitrogen and oxygen atoms in total. The molecule has 0 aromatic heterocycles. The van der Waals surface area contributed by atoms with Gasteiger partial charge in [0.25, 0.3) is 0 Å². The monoisotopic (exact) mass is 283 g/mol. The van der Waals surface area contributed by atoms with Gasteiger partial charge in [-0.2, -0.15) is 4.72 Å². The molecule has 0 saturated heterocycles. The second-order valence-corrected chi connectivity index (χ2v) is 6.55. The number of sulfonamides is 1. The van der Waals surface area contributed by atoms with E-state index in [1.807, 2.05) is 0 Å². The topological polar surface area (TPSA) is 83.5 Å². The van der Waals surface area contributed by atoms with E-state index in [2.05, 4.69) is 4.72 Å². The summed E-state index contributed by atoms with van der Waals surface area (Å²) < 4.78 is 26.9. The van der Waals surface area contributed by atoms with Gasteiger partial charge in [-0.25, -0.2) is 8.42 Å². The average Bonchev–Trinajstić information content (AvgIpc) is 2.40. The summed E-state index contributed by atoms with van der Waals surface area (Å²) in [7, 11) is -3.79. The Bertz CT molecular complexity index is 547. The van der Waals surface area contributed by atoms with Crippen LogP contribution in [0.25, 0.3) is 0 Å². The van der Waals surface area contributed by atoms with Crippen LogP contribution in [-0.2, 0) is 14.8 Å². The summed E-state index contributed by atoms with van der Waals surface area (Å²) in [5, 5.41) is 9.37. The Kier molecular flexibility index (Phi) is 3.91. The van der Waals surface area contributed by atoms with E-state index >= 15 is 0 Å². The van der Waals surface area contributed by atoms with E-state index in [0.29, 0.717) is 12.8 Å². The lowest BCUT2D eigenvalue weighted by atomic mass is 9.83. The standard InChI is InChI=1S/C13H17NO4S/c15-12(16)13(9-5-2-6-10-13)14-19(17,18)11-7-3-1-4-8-11/h1,3-4,7-8,14H,2,5-6,9-10H2,(H,15,16). The second kappa shape index (κ2) is 5.30. The molecule has 0 radical (unpaired) electrons. The highest BCUT2D eigenvalue weighted by molar-refractivity contribution is 7.89. The van der Waals surface area contributed by atoms with Crippen molar-refractivity contribution in [1.82, 2.24) is 4.72 Å². The van der Waals surface area contributed by atoms with Crippen molar-refractivity contribution in [3.05, 3.63) is 30.3 Å². The van der Waals surface area contributed by atoms with Crippen molar-refractivity contribution in [2.75, 3.05) is 0 Å². The molecule has 0 aliphatic heterocycles. The van der Waals surface area contributed by atoms with Gasteiger partial charge in [0.15, 0.2) is 0 Å². The summed E-state index contributed by atoms with van der Waals surface area (Å²) in [6.45, 7) is 0. The number of benzene rings is 1. The van der Waals surface area contributed by atoms with Crippen molar-refractivity contribution < 1.29 is 18.3 Å². The Morgan fingerprint density at radius 3 is 2.21 bits per heavy atom. The third kappa shape index (κ3) is 2.96. The molecule has 19 heavy (non-hydrogen) atoms. The van der Waals surface area contributed by atoms with Gasteiger partial charge in [-0.3, -0.25) is 4.79 Å². The first-order valence-electron chi connectivity index (χ1n) is 6.29. The Balaban J connectivity index is 2.29. The quantitative estimate of drug-likeness (QED) is 0.881. The molecule has 0 bridgehead atoms. The van der Waals surface area contributed by atoms with Gasteiger partial charge in [-0.15, -0.1) is 0 Å². The van der Waals surface area contributed by atoms with Crippen molar-refractivity contribution in [3.8, 4) is 0 Å². The van der Waals surface area contributed by atoms with Gasteiger partial charge >= 0.3 is 5.97 Å². The lowest BCUT2D eigenvalue weighted by Crippen LogP contribution is -2.55. The smallest absolute Gasteiger partial charge is 0.324 e. The highest BCUT2D eigenvalue weighted by Gasteiger charge is 2.43. The van der Waals surface area contributed by atoms with Crippen LogP contribution in [0.5, 0.6) is 0 Å². The lowest BCUT2D eigenvalue weighted by molar-refractivity contribution is -0.145. The van der Waals surface area contributed by atoms with Crippen LogP contribution in [0.2, 0.25) is 0 Å². The normalized spacial score (nSPS) is 18.9. The fraction of sp³-hybridized carbons (Fsp3) is 0.462. The summed E-state index contributed by atoms with van der Waals surface area (Å²) in [6, 6.07) is 7.86. The predicted molar refractivity (Wildman–Crippen MR) is 70.2 cm³/mol. The molecule has 1 saturated carbocycles. The fourth-order valence-corrected chi connectivity index (χ4v) is 3.87. The Morgan fingerprint density at radius 2 is 1.68 bits per heavy atom. The summed E-state index contributed by atoms with van der Waals surface area (Å²) in [5.41, 5.74) is -1.35. The van der Waals surface area contributed by atoms with Crippen molar-refractivity contribution in [2.24, 2.45) is 0 Å². The number of aliphatic carboxylic acids is 1. The second-order valence-electron chi connectivity index (χ2n) is 4.87. The summed E-state index contributed by atoms with van der Waals surface area (Å²) in [4.78, 5) is 11.6. The third-order valence-corrected chi connectivity index (χ3v) is 5.05. The van der Waals surface area contributed by atoms with Crippen LogP contribution in [0.1, 0.15) is 32.1 Å². The SMILES string of the molecule is O=C(O)C1(NS(=O)(=O)c2ccccc2)CCCCC1. The van der Waals surface area contributed by atoms with Gasteiger partial charge in [0.2, 0.25) is 10.0 Å². The van der Waals surface area contributed by atoms with Crippen LogP contribution in [0.3, 0.4) is 0 Å². The maximum absolute atomic E-state index is 12.2. The molecule has 1 fully saturated rings. The van der Waals surface area contributed by atoms with E-state index in [-0.39, 0.29) is 4.90 Å². The Labute approximate surface area is 112 Å². The van der Waals surface area contributed by atoms with Crippen LogP contribution in [-0.4, -0.2) is 25.0 Å². The molecule has 0 atom stereocenters. The lowest BCUT2D eigenvalue weighted by Gasteiger charge is -2.33. The van der Waals surface area contributed by atoms with Gasteiger partial charge in [-0.1, -0.05) is 37.5 Å². The highest BCUT2D eigenvalue weighted by atomic mass is 32.2. The molecule has 2 N–H and O–H groups in total. The minimum absolute atomic E-state index is 0.0983. The zero-order valence-corrected chi connectivity index (χ0v) is 11.3. The van der Waals surface area contributed by atoms with Crippen LogP contribution in [0, 0.1) is 0 Å². The molecule has 1 aromatic rings. The summed E-state index contributed by atoms with van der Waals surface area (Å²) >= 11 is 0. The number of carbonyl (C=O) groups is 1. The fourth-order valence-electron chi connectivity index (χ4n) is 2.43. The molecule has 104 valence electrons. The van der Waals surface area contributed by atoms with E-state index in [1.165, 1.54) is 12.1 Å².